The standard InChI is InChI=1S/C12H3F5N2O/c13-6-5(7(14)9(16)10(17)8(6)15)12-19-11-4(20-12)2-1-3-18-11/h1-3H. The molecule has 2 aromatic heterocycles. The number of hydrogen-bond donors (Lipinski definition) is 0. The van der Waals surface area contributed by atoms with Crippen molar-refractivity contribution in [3.63, 3.8) is 0 Å². The number of pyridine rings is 1. The van der Waals surface area contributed by atoms with E-state index in [1.54, 1.807) is 0 Å². The van der Waals surface area contributed by atoms with Gasteiger partial charge in [-0.1, -0.05) is 0 Å². The summed E-state index contributed by atoms with van der Waals surface area (Å²) in [4.78, 5) is 7.34. The van der Waals surface area contributed by atoms with E-state index in [0.29, 0.717) is 0 Å². The summed E-state index contributed by atoms with van der Waals surface area (Å²) in [5.74, 6) is -11.1. The van der Waals surface area contributed by atoms with Crippen LogP contribution >= 0.6 is 0 Å². The molecule has 0 aliphatic rings. The minimum absolute atomic E-state index is 0.00792. The molecule has 8 heteroatoms. The van der Waals surface area contributed by atoms with Gasteiger partial charge in [0.1, 0.15) is 5.56 Å². The first-order valence-electron chi connectivity index (χ1n) is 5.24. The van der Waals surface area contributed by atoms with E-state index < -0.39 is 40.5 Å². The van der Waals surface area contributed by atoms with Crippen LogP contribution in [0.25, 0.3) is 22.7 Å². The minimum Gasteiger partial charge on any atom is -0.434 e. The van der Waals surface area contributed by atoms with Crippen LogP contribution < -0.4 is 0 Å². The van der Waals surface area contributed by atoms with Crippen molar-refractivity contribution < 1.29 is 26.4 Å². The molecule has 20 heavy (non-hydrogen) atoms. The van der Waals surface area contributed by atoms with E-state index in [1.807, 2.05) is 0 Å². The fraction of sp³-hybridized carbons (Fsp3) is 0. The first-order chi connectivity index (χ1) is 9.50. The Morgan fingerprint density at radius 1 is 0.850 bits per heavy atom. The molecular weight excluding hydrogens is 283 g/mol. The van der Waals surface area contributed by atoms with Gasteiger partial charge in [-0.2, -0.15) is 4.98 Å². The first-order valence-corrected chi connectivity index (χ1v) is 5.24. The van der Waals surface area contributed by atoms with Crippen LogP contribution in [0.15, 0.2) is 22.7 Å². The number of aromatic nitrogens is 2. The molecule has 102 valence electrons. The highest BCUT2D eigenvalue weighted by Crippen LogP contribution is 2.32. The van der Waals surface area contributed by atoms with Gasteiger partial charge in [0.2, 0.25) is 11.7 Å². The van der Waals surface area contributed by atoms with Gasteiger partial charge in [-0.15, -0.1) is 0 Å². The summed E-state index contributed by atoms with van der Waals surface area (Å²) in [5, 5.41) is 0. The van der Waals surface area contributed by atoms with Crippen LogP contribution in [-0.4, -0.2) is 9.97 Å². The zero-order chi connectivity index (χ0) is 14.4. The first kappa shape index (κ1) is 12.5. The van der Waals surface area contributed by atoms with Gasteiger partial charge in [0.25, 0.3) is 0 Å². The minimum atomic E-state index is -2.24. The smallest absolute Gasteiger partial charge is 0.235 e. The van der Waals surface area contributed by atoms with E-state index in [0.717, 1.165) is 0 Å². The molecule has 1 aromatic carbocycles. The molecule has 0 unspecified atom stereocenters. The van der Waals surface area contributed by atoms with E-state index in [2.05, 4.69) is 9.97 Å². The molecule has 0 N–H and O–H groups in total. The molecule has 0 amide bonds. The third-order valence-corrected chi connectivity index (χ3v) is 2.59. The highest BCUT2D eigenvalue weighted by molar-refractivity contribution is 5.72. The number of fused-ring (bicyclic) bond motifs is 1. The van der Waals surface area contributed by atoms with Crippen molar-refractivity contribution in [3.8, 4) is 11.5 Å². The summed E-state index contributed by atoms with van der Waals surface area (Å²) >= 11 is 0. The van der Waals surface area contributed by atoms with Crippen LogP contribution in [0.1, 0.15) is 0 Å². The van der Waals surface area contributed by atoms with Crippen molar-refractivity contribution in [2.24, 2.45) is 0 Å². The Labute approximate surface area is 107 Å². The summed E-state index contributed by atoms with van der Waals surface area (Å²) < 4.78 is 71.2. The summed E-state index contributed by atoms with van der Waals surface area (Å²) in [6, 6.07) is 2.86. The maximum Gasteiger partial charge on any atom is 0.235 e. The molecular formula is C12H3F5N2O. The van der Waals surface area contributed by atoms with Gasteiger partial charge in [-0.3, -0.25) is 0 Å². The Morgan fingerprint density at radius 2 is 1.45 bits per heavy atom. The maximum atomic E-state index is 13.6. The molecule has 0 fully saturated rings. The van der Waals surface area contributed by atoms with Crippen LogP contribution in [0.4, 0.5) is 22.0 Å². The summed E-state index contributed by atoms with van der Waals surface area (Å²) in [6.07, 6.45) is 1.34. The van der Waals surface area contributed by atoms with Gasteiger partial charge in [0.15, 0.2) is 34.5 Å². The van der Waals surface area contributed by atoms with Crippen molar-refractivity contribution in [3.05, 3.63) is 47.4 Å². The van der Waals surface area contributed by atoms with Crippen LogP contribution in [0.3, 0.4) is 0 Å². The van der Waals surface area contributed by atoms with Crippen LogP contribution in [0.2, 0.25) is 0 Å². The van der Waals surface area contributed by atoms with E-state index >= 15 is 0 Å². The highest BCUT2D eigenvalue weighted by Gasteiger charge is 2.29. The second-order valence-corrected chi connectivity index (χ2v) is 3.79. The molecule has 0 atom stereocenters. The third kappa shape index (κ3) is 1.64. The molecule has 3 rings (SSSR count). The van der Waals surface area contributed by atoms with E-state index in [9.17, 15) is 22.0 Å². The lowest BCUT2D eigenvalue weighted by molar-refractivity contribution is 0.379. The Hall–Kier alpha value is -2.51. The fourth-order valence-corrected chi connectivity index (χ4v) is 1.67. The number of halogens is 5. The Kier molecular flexibility index (Phi) is 2.66. The largest absolute Gasteiger partial charge is 0.434 e. The summed E-state index contributed by atoms with van der Waals surface area (Å²) in [5.41, 5.74) is -1.17. The molecule has 0 saturated heterocycles. The molecule has 3 nitrogen and oxygen atoms in total. The normalized spacial score (nSPS) is 11.2. The topological polar surface area (TPSA) is 38.9 Å². The van der Waals surface area contributed by atoms with Crippen molar-refractivity contribution in [2.45, 2.75) is 0 Å². The lowest BCUT2D eigenvalue weighted by Gasteiger charge is -2.04. The third-order valence-electron chi connectivity index (χ3n) is 2.59. The van der Waals surface area contributed by atoms with Crippen molar-refractivity contribution >= 4 is 11.2 Å². The number of nitrogens with zero attached hydrogens (tertiary/aromatic N) is 2. The van der Waals surface area contributed by atoms with Crippen LogP contribution in [0.5, 0.6) is 0 Å². The Balaban J connectivity index is 2.34. The summed E-state index contributed by atoms with van der Waals surface area (Å²) in [7, 11) is 0. The zero-order valence-corrected chi connectivity index (χ0v) is 9.42. The van der Waals surface area contributed by atoms with Crippen LogP contribution in [-0.2, 0) is 0 Å². The SMILES string of the molecule is Fc1c(F)c(F)c(-c2nc3ncccc3o2)c(F)c1F. The molecule has 3 aromatic rings. The van der Waals surface area contributed by atoms with Crippen molar-refractivity contribution in [2.75, 3.05) is 0 Å². The average Bonchev–Trinajstić information content (AvgIpc) is 2.86. The number of rotatable bonds is 1. The number of hydrogen-bond acceptors (Lipinski definition) is 3. The second kappa shape index (κ2) is 4.26. The molecule has 2 heterocycles. The van der Waals surface area contributed by atoms with E-state index in [-0.39, 0.29) is 11.2 Å². The monoisotopic (exact) mass is 286 g/mol. The zero-order valence-electron chi connectivity index (χ0n) is 9.42. The Morgan fingerprint density at radius 3 is 2.05 bits per heavy atom. The van der Waals surface area contributed by atoms with Crippen molar-refractivity contribution in [1.82, 2.24) is 9.97 Å². The maximum absolute atomic E-state index is 13.6. The highest BCUT2D eigenvalue weighted by atomic mass is 19.2. The van der Waals surface area contributed by atoms with E-state index in [4.69, 9.17) is 4.42 Å². The molecule has 0 aliphatic carbocycles. The number of benzene rings is 1. The fourth-order valence-electron chi connectivity index (χ4n) is 1.67. The van der Waals surface area contributed by atoms with E-state index in [1.165, 1.54) is 18.3 Å². The molecule has 0 saturated carbocycles. The predicted octanol–water partition coefficient (Wildman–Crippen LogP) is 3.59. The van der Waals surface area contributed by atoms with Gasteiger partial charge in [-0.05, 0) is 12.1 Å². The number of oxazole rings is 1. The molecule has 0 radical (unpaired) electrons. The summed E-state index contributed by atoms with van der Waals surface area (Å²) in [6.45, 7) is 0. The van der Waals surface area contributed by atoms with Gasteiger partial charge in [-0.25, -0.2) is 26.9 Å². The van der Waals surface area contributed by atoms with Gasteiger partial charge in [0, 0.05) is 6.20 Å². The molecule has 0 spiro atoms. The quantitative estimate of drug-likeness (QED) is 0.390. The Bertz CT molecular complexity index is 768. The van der Waals surface area contributed by atoms with Crippen molar-refractivity contribution in [1.29, 1.82) is 0 Å². The lowest BCUT2D eigenvalue weighted by atomic mass is 10.1. The molecule has 0 aliphatic heterocycles. The van der Waals surface area contributed by atoms with Gasteiger partial charge in [0.05, 0.1) is 0 Å². The average molecular weight is 286 g/mol. The van der Waals surface area contributed by atoms with Gasteiger partial charge < -0.3 is 4.42 Å². The van der Waals surface area contributed by atoms with Crippen LogP contribution in [0, 0.1) is 29.1 Å². The lowest BCUT2D eigenvalue weighted by Crippen LogP contribution is -2.04. The second-order valence-electron chi connectivity index (χ2n) is 3.79. The predicted molar refractivity (Wildman–Crippen MR) is 57.0 cm³/mol. The molecule has 0 bridgehead atoms. The van der Waals surface area contributed by atoms with Gasteiger partial charge >= 0.3 is 0 Å².